The van der Waals surface area contributed by atoms with Crippen LogP contribution >= 0.6 is 11.8 Å². The molecule has 0 aromatic rings. The first-order chi connectivity index (χ1) is 8.32. The molecule has 18 heavy (non-hydrogen) atoms. The third-order valence-electron chi connectivity index (χ3n) is 3.33. The molecule has 0 spiro atoms. The number of rotatable bonds is 6. The summed E-state index contributed by atoms with van der Waals surface area (Å²) in [5.74, 6) is 0. The van der Waals surface area contributed by atoms with E-state index in [0.29, 0.717) is 13.1 Å². The van der Waals surface area contributed by atoms with E-state index in [0.717, 1.165) is 19.3 Å². The summed E-state index contributed by atoms with van der Waals surface area (Å²) in [7, 11) is -3.48. The summed E-state index contributed by atoms with van der Waals surface area (Å²) < 4.78 is 28.4. The van der Waals surface area contributed by atoms with Gasteiger partial charge in [0.1, 0.15) is 0 Å². The number of hydrogen-bond donors (Lipinski definition) is 2. The molecular formula is C11H24N2O3S2. The summed E-state index contributed by atoms with van der Waals surface area (Å²) >= 11 is 1.63. The van der Waals surface area contributed by atoms with Gasteiger partial charge in [-0.2, -0.15) is 24.5 Å². The standard InChI is InChI=1S/C11H24N2O3S2/c1-11(2,17-3)9-12-18(15,16)13-7-5-4-6-10(13)8-14/h10,12,14H,4-9H2,1-3H3. The summed E-state index contributed by atoms with van der Waals surface area (Å²) in [4.78, 5) is 0. The van der Waals surface area contributed by atoms with Gasteiger partial charge in [0.2, 0.25) is 0 Å². The lowest BCUT2D eigenvalue weighted by atomic mass is 10.1. The van der Waals surface area contributed by atoms with Crippen molar-refractivity contribution < 1.29 is 13.5 Å². The van der Waals surface area contributed by atoms with Crippen LogP contribution in [-0.2, 0) is 10.2 Å². The van der Waals surface area contributed by atoms with Crippen molar-refractivity contribution in [3.05, 3.63) is 0 Å². The summed E-state index contributed by atoms with van der Waals surface area (Å²) in [5.41, 5.74) is 0. The Hall–Kier alpha value is 0.180. The maximum absolute atomic E-state index is 12.2. The van der Waals surface area contributed by atoms with Gasteiger partial charge in [-0.25, -0.2) is 4.72 Å². The molecule has 2 N–H and O–H groups in total. The molecule has 1 rings (SSSR count). The minimum atomic E-state index is -3.48. The van der Waals surface area contributed by atoms with Gasteiger partial charge in [0.25, 0.3) is 10.2 Å². The molecule has 1 saturated heterocycles. The molecule has 0 bridgehead atoms. The van der Waals surface area contributed by atoms with Crippen LogP contribution in [0.2, 0.25) is 0 Å². The van der Waals surface area contributed by atoms with Crippen molar-refractivity contribution in [1.82, 2.24) is 9.03 Å². The Morgan fingerprint density at radius 1 is 1.44 bits per heavy atom. The van der Waals surface area contributed by atoms with Gasteiger partial charge in [-0.05, 0) is 32.9 Å². The van der Waals surface area contributed by atoms with E-state index in [9.17, 15) is 13.5 Å². The van der Waals surface area contributed by atoms with Crippen molar-refractivity contribution in [2.45, 2.75) is 43.9 Å². The Labute approximate surface area is 115 Å². The van der Waals surface area contributed by atoms with Gasteiger partial charge in [0.15, 0.2) is 0 Å². The third-order valence-corrected chi connectivity index (χ3v) is 6.18. The van der Waals surface area contributed by atoms with Crippen molar-refractivity contribution >= 4 is 22.0 Å². The third kappa shape index (κ3) is 4.38. The molecule has 1 fully saturated rings. The monoisotopic (exact) mass is 296 g/mol. The predicted octanol–water partition coefficient (Wildman–Crippen LogP) is 0.809. The fourth-order valence-electron chi connectivity index (χ4n) is 1.89. The lowest BCUT2D eigenvalue weighted by molar-refractivity contribution is 0.154. The van der Waals surface area contributed by atoms with Crippen LogP contribution in [0, 0.1) is 0 Å². The first kappa shape index (κ1) is 16.2. The lowest BCUT2D eigenvalue weighted by Gasteiger charge is -2.34. The molecule has 1 unspecified atom stereocenters. The van der Waals surface area contributed by atoms with Gasteiger partial charge in [0.05, 0.1) is 6.61 Å². The summed E-state index contributed by atoms with van der Waals surface area (Å²) in [5, 5.41) is 9.26. The number of aliphatic hydroxyl groups is 1. The highest BCUT2D eigenvalue weighted by Gasteiger charge is 2.32. The van der Waals surface area contributed by atoms with E-state index in [4.69, 9.17) is 0 Å². The Morgan fingerprint density at radius 3 is 2.67 bits per heavy atom. The second kappa shape index (κ2) is 6.56. The van der Waals surface area contributed by atoms with Crippen LogP contribution in [0.25, 0.3) is 0 Å². The average Bonchev–Trinajstić information content (AvgIpc) is 2.37. The molecule has 5 nitrogen and oxygen atoms in total. The first-order valence-electron chi connectivity index (χ1n) is 6.25. The highest BCUT2D eigenvalue weighted by molar-refractivity contribution is 8.00. The van der Waals surface area contributed by atoms with E-state index < -0.39 is 10.2 Å². The molecule has 0 aliphatic carbocycles. The van der Waals surface area contributed by atoms with Crippen molar-refractivity contribution in [3.63, 3.8) is 0 Å². The zero-order valence-electron chi connectivity index (χ0n) is 11.3. The predicted molar refractivity (Wildman–Crippen MR) is 75.9 cm³/mol. The van der Waals surface area contributed by atoms with Crippen LogP contribution in [0.4, 0.5) is 0 Å². The van der Waals surface area contributed by atoms with Crippen LogP contribution in [0.15, 0.2) is 0 Å². The molecule has 0 saturated carbocycles. The largest absolute Gasteiger partial charge is 0.395 e. The highest BCUT2D eigenvalue weighted by atomic mass is 32.2. The quantitative estimate of drug-likeness (QED) is 0.761. The van der Waals surface area contributed by atoms with Gasteiger partial charge in [-0.15, -0.1) is 0 Å². The van der Waals surface area contributed by atoms with E-state index in [1.807, 2.05) is 20.1 Å². The molecule has 7 heteroatoms. The maximum Gasteiger partial charge on any atom is 0.279 e. The van der Waals surface area contributed by atoms with Gasteiger partial charge in [-0.1, -0.05) is 6.42 Å². The van der Waals surface area contributed by atoms with Crippen molar-refractivity contribution in [2.24, 2.45) is 0 Å². The fraction of sp³-hybridized carbons (Fsp3) is 1.00. The number of nitrogens with one attached hydrogen (secondary N) is 1. The Balaban J connectivity index is 2.67. The first-order valence-corrected chi connectivity index (χ1v) is 8.91. The van der Waals surface area contributed by atoms with Crippen LogP contribution in [0.3, 0.4) is 0 Å². The molecule has 108 valence electrons. The fourth-order valence-corrected chi connectivity index (χ4v) is 3.84. The van der Waals surface area contributed by atoms with Gasteiger partial charge >= 0.3 is 0 Å². The normalized spacial score (nSPS) is 23.2. The van der Waals surface area contributed by atoms with Gasteiger partial charge in [0, 0.05) is 23.9 Å². The molecular weight excluding hydrogens is 272 g/mol. The summed E-state index contributed by atoms with van der Waals surface area (Å²) in [6, 6.07) is -0.270. The number of thioether (sulfide) groups is 1. The SMILES string of the molecule is CSC(C)(C)CNS(=O)(=O)N1CCCCC1CO. The summed E-state index contributed by atoms with van der Waals surface area (Å²) in [6.07, 6.45) is 4.55. The minimum Gasteiger partial charge on any atom is -0.395 e. The van der Waals surface area contributed by atoms with Gasteiger partial charge in [-0.3, -0.25) is 0 Å². The zero-order valence-corrected chi connectivity index (χ0v) is 13.0. The zero-order chi connectivity index (χ0) is 13.8. The number of aliphatic hydroxyl groups excluding tert-OH is 1. The lowest BCUT2D eigenvalue weighted by Crippen LogP contribution is -2.52. The average molecular weight is 296 g/mol. The second-order valence-corrected chi connectivity index (χ2v) is 8.45. The topological polar surface area (TPSA) is 69.6 Å². The van der Waals surface area contributed by atoms with Crippen molar-refractivity contribution in [3.8, 4) is 0 Å². The number of hydrogen-bond acceptors (Lipinski definition) is 4. The molecule has 1 heterocycles. The number of piperidine rings is 1. The molecule has 1 aliphatic rings. The van der Waals surface area contributed by atoms with Crippen molar-refractivity contribution in [2.75, 3.05) is 26.0 Å². The van der Waals surface area contributed by atoms with E-state index >= 15 is 0 Å². The summed E-state index contributed by atoms with van der Waals surface area (Å²) in [6.45, 7) is 4.79. The Morgan fingerprint density at radius 2 is 2.11 bits per heavy atom. The minimum absolute atomic E-state index is 0.104. The van der Waals surface area contributed by atoms with E-state index in [1.165, 1.54) is 4.31 Å². The molecule has 0 amide bonds. The highest BCUT2D eigenvalue weighted by Crippen LogP contribution is 2.22. The van der Waals surface area contributed by atoms with Crippen LogP contribution in [0.5, 0.6) is 0 Å². The van der Waals surface area contributed by atoms with Crippen LogP contribution in [0.1, 0.15) is 33.1 Å². The second-order valence-electron chi connectivity index (χ2n) is 5.23. The molecule has 1 aliphatic heterocycles. The molecule has 0 aromatic carbocycles. The molecule has 0 radical (unpaired) electrons. The smallest absolute Gasteiger partial charge is 0.279 e. The van der Waals surface area contributed by atoms with Gasteiger partial charge < -0.3 is 5.11 Å². The Bertz CT molecular complexity index is 357. The molecule has 1 atom stereocenters. The van der Waals surface area contributed by atoms with Crippen molar-refractivity contribution in [1.29, 1.82) is 0 Å². The van der Waals surface area contributed by atoms with E-state index in [2.05, 4.69) is 4.72 Å². The van der Waals surface area contributed by atoms with E-state index in [1.54, 1.807) is 11.8 Å². The van der Waals surface area contributed by atoms with Crippen LogP contribution < -0.4 is 4.72 Å². The Kier molecular flexibility index (Phi) is 5.92. The molecule has 0 aromatic heterocycles. The van der Waals surface area contributed by atoms with E-state index in [-0.39, 0.29) is 17.4 Å². The van der Waals surface area contributed by atoms with Crippen LogP contribution in [-0.4, -0.2) is 54.6 Å². The number of nitrogens with zero attached hydrogens (tertiary/aromatic N) is 1. The maximum atomic E-state index is 12.2.